The molecule has 1 aliphatic heterocycles. The van der Waals surface area contributed by atoms with Crippen LogP contribution >= 0.6 is 11.6 Å². The average molecular weight is 370 g/mol. The molecular weight excluding hydrogens is 357 g/mol. The summed E-state index contributed by atoms with van der Waals surface area (Å²) in [7, 11) is 2.30. The largest absolute Gasteiger partial charge is 0.466 e. The van der Waals surface area contributed by atoms with E-state index in [2.05, 4.69) is 14.7 Å². The molecule has 3 rings (SSSR count). The molecular formula is C15H13ClFN3O5. The summed E-state index contributed by atoms with van der Waals surface area (Å²) in [6, 6.07) is 1.46. The lowest BCUT2D eigenvalue weighted by molar-refractivity contribution is -0.140. The molecule has 1 aliphatic rings. The first-order chi connectivity index (χ1) is 12.0. The number of nitrogens with one attached hydrogen (secondary N) is 1. The van der Waals surface area contributed by atoms with Crippen LogP contribution in [0, 0.1) is 5.82 Å². The molecule has 132 valence electrons. The molecule has 0 saturated heterocycles. The predicted octanol–water partition coefficient (Wildman–Crippen LogP) is 1.75. The van der Waals surface area contributed by atoms with Gasteiger partial charge in [0.2, 0.25) is 0 Å². The van der Waals surface area contributed by atoms with Gasteiger partial charge in [-0.2, -0.15) is 0 Å². The number of H-pyrrole nitrogens is 1. The van der Waals surface area contributed by atoms with Gasteiger partial charge in [-0.05, 0) is 6.07 Å². The number of esters is 2. The van der Waals surface area contributed by atoms with E-state index in [-0.39, 0.29) is 40.8 Å². The topological polar surface area (TPSA) is 93.8 Å². The first-order valence-corrected chi connectivity index (χ1v) is 7.43. The third kappa shape index (κ3) is 2.81. The highest BCUT2D eigenvalue weighted by Crippen LogP contribution is 2.37. The zero-order valence-corrected chi connectivity index (χ0v) is 14.0. The second-order valence-electron chi connectivity index (χ2n) is 5.04. The van der Waals surface area contributed by atoms with E-state index >= 15 is 0 Å². The van der Waals surface area contributed by atoms with Gasteiger partial charge in [-0.25, -0.2) is 19.0 Å². The van der Waals surface area contributed by atoms with Crippen molar-refractivity contribution in [3.8, 4) is 0 Å². The van der Waals surface area contributed by atoms with Crippen molar-refractivity contribution in [2.24, 2.45) is 0 Å². The van der Waals surface area contributed by atoms with Crippen LogP contribution in [-0.2, 0) is 23.8 Å². The average Bonchev–Trinajstić information content (AvgIpc) is 3.08. The molecule has 0 amide bonds. The van der Waals surface area contributed by atoms with Crippen LogP contribution in [0.3, 0.4) is 0 Å². The van der Waals surface area contributed by atoms with Crippen LogP contribution < -0.4 is 4.90 Å². The zero-order chi connectivity index (χ0) is 18.1. The fraction of sp³-hybridized carbons (Fsp3) is 0.267. The Morgan fingerprint density at radius 3 is 2.76 bits per heavy atom. The van der Waals surface area contributed by atoms with Crippen molar-refractivity contribution in [2.75, 3.05) is 32.5 Å². The van der Waals surface area contributed by atoms with E-state index in [9.17, 15) is 14.0 Å². The van der Waals surface area contributed by atoms with E-state index in [1.165, 1.54) is 12.4 Å². The van der Waals surface area contributed by atoms with Crippen LogP contribution in [0.15, 0.2) is 23.7 Å². The normalized spacial score (nSPS) is 14.8. The zero-order valence-electron chi connectivity index (χ0n) is 13.3. The number of anilines is 1. The molecule has 1 aromatic heterocycles. The number of nitrogens with zero attached hydrogens (tertiary/aromatic N) is 2. The Morgan fingerprint density at radius 2 is 2.08 bits per heavy atom. The third-order valence-electron chi connectivity index (χ3n) is 3.68. The molecule has 0 unspecified atom stereocenters. The molecule has 0 fully saturated rings. The molecule has 2 heterocycles. The van der Waals surface area contributed by atoms with Crippen LogP contribution in [0.25, 0.3) is 11.0 Å². The maximum Gasteiger partial charge on any atom is 0.355 e. The highest BCUT2D eigenvalue weighted by molar-refractivity contribution is 6.34. The quantitative estimate of drug-likeness (QED) is 0.824. The van der Waals surface area contributed by atoms with Gasteiger partial charge in [0.25, 0.3) is 0 Å². The first-order valence-electron chi connectivity index (χ1n) is 7.05. The van der Waals surface area contributed by atoms with Crippen molar-refractivity contribution in [2.45, 2.75) is 0 Å². The molecule has 1 N–H and O–H groups in total. The SMILES string of the molecule is COC(=O)C1=C(C(=O)OC)N(c2c(Cl)cc3[nH]cnc3c2F)COC1. The lowest BCUT2D eigenvalue weighted by atomic mass is 10.1. The number of fused-ring (bicyclic) bond motifs is 1. The highest BCUT2D eigenvalue weighted by Gasteiger charge is 2.35. The monoisotopic (exact) mass is 369 g/mol. The van der Waals surface area contributed by atoms with Crippen molar-refractivity contribution in [1.82, 2.24) is 9.97 Å². The van der Waals surface area contributed by atoms with Crippen molar-refractivity contribution in [1.29, 1.82) is 0 Å². The van der Waals surface area contributed by atoms with Gasteiger partial charge in [-0.3, -0.25) is 0 Å². The Balaban J connectivity index is 2.24. The summed E-state index contributed by atoms with van der Waals surface area (Å²) in [5.41, 5.74) is -0.0213. The van der Waals surface area contributed by atoms with Crippen molar-refractivity contribution < 1.29 is 28.2 Å². The smallest absolute Gasteiger partial charge is 0.355 e. The third-order valence-corrected chi connectivity index (χ3v) is 3.97. The van der Waals surface area contributed by atoms with E-state index in [1.807, 2.05) is 0 Å². The summed E-state index contributed by atoms with van der Waals surface area (Å²) >= 11 is 6.20. The molecule has 0 aliphatic carbocycles. The molecule has 8 nitrogen and oxygen atoms in total. The molecule has 0 radical (unpaired) electrons. The van der Waals surface area contributed by atoms with Gasteiger partial charge >= 0.3 is 11.9 Å². The summed E-state index contributed by atoms with van der Waals surface area (Å²) < 4.78 is 29.6. The minimum Gasteiger partial charge on any atom is -0.466 e. The lowest BCUT2D eigenvalue weighted by Gasteiger charge is -2.32. The number of aromatic nitrogens is 2. The van der Waals surface area contributed by atoms with Gasteiger partial charge in [0.1, 0.15) is 23.6 Å². The Labute approximate surface area is 146 Å². The number of benzene rings is 1. The highest BCUT2D eigenvalue weighted by atomic mass is 35.5. The van der Waals surface area contributed by atoms with E-state index in [4.69, 9.17) is 21.1 Å². The summed E-state index contributed by atoms with van der Waals surface area (Å²) in [6.45, 7) is -0.394. The van der Waals surface area contributed by atoms with Gasteiger partial charge in [-0.1, -0.05) is 11.6 Å². The number of carbonyl (C=O) groups excluding carboxylic acids is 2. The van der Waals surface area contributed by atoms with Crippen LogP contribution in [0.2, 0.25) is 5.02 Å². The number of ether oxygens (including phenoxy) is 3. The Hall–Kier alpha value is -2.65. The summed E-state index contributed by atoms with van der Waals surface area (Å²) in [4.78, 5) is 32.0. The maximum atomic E-state index is 14.9. The molecule has 25 heavy (non-hydrogen) atoms. The summed E-state index contributed by atoms with van der Waals surface area (Å²) in [6.07, 6.45) is 1.32. The van der Waals surface area contributed by atoms with E-state index in [0.29, 0.717) is 5.52 Å². The number of methoxy groups -OCH3 is 2. The van der Waals surface area contributed by atoms with Crippen LogP contribution in [-0.4, -0.2) is 49.5 Å². The van der Waals surface area contributed by atoms with Crippen molar-refractivity contribution in [3.63, 3.8) is 0 Å². The summed E-state index contributed by atoms with van der Waals surface area (Å²) in [5, 5.41) is 0.00497. The molecule has 1 aromatic carbocycles. The van der Waals surface area contributed by atoms with E-state index in [0.717, 1.165) is 19.1 Å². The van der Waals surface area contributed by atoms with Gasteiger partial charge in [-0.15, -0.1) is 0 Å². The number of halogens is 2. The standard InChI is InChI=1S/C15H13ClFN3O5/c1-23-14(21)7-4-25-6-20(12(7)15(22)24-2)13-8(16)3-9-11(10(13)17)19-5-18-9/h3,5H,4,6H2,1-2H3,(H,18,19). The molecule has 0 bridgehead atoms. The molecule has 0 spiro atoms. The van der Waals surface area contributed by atoms with Crippen LogP contribution in [0.5, 0.6) is 0 Å². The van der Waals surface area contributed by atoms with Gasteiger partial charge in [0.15, 0.2) is 5.82 Å². The maximum absolute atomic E-state index is 14.9. The number of hydrogen-bond donors (Lipinski definition) is 1. The fourth-order valence-electron chi connectivity index (χ4n) is 2.57. The molecule has 2 aromatic rings. The molecule has 0 atom stereocenters. The fourth-order valence-corrected chi connectivity index (χ4v) is 2.86. The lowest BCUT2D eigenvalue weighted by Crippen LogP contribution is -2.39. The molecule has 0 saturated carbocycles. The molecule has 10 heteroatoms. The Kier molecular flexibility index (Phi) is 4.60. The van der Waals surface area contributed by atoms with Gasteiger partial charge in [0.05, 0.1) is 43.3 Å². The number of imidazole rings is 1. The Bertz CT molecular complexity index is 895. The number of carbonyl (C=O) groups is 2. The van der Waals surface area contributed by atoms with Crippen molar-refractivity contribution >= 4 is 40.3 Å². The second-order valence-corrected chi connectivity index (χ2v) is 5.44. The van der Waals surface area contributed by atoms with Crippen molar-refractivity contribution in [3.05, 3.63) is 34.5 Å². The van der Waals surface area contributed by atoms with Gasteiger partial charge in [0, 0.05) is 0 Å². The van der Waals surface area contributed by atoms with Gasteiger partial charge < -0.3 is 24.1 Å². The number of rotatable bonds is 3. The van der Waals surface area contributed by atoms with E-state index < -0.39 is 17.8 Å². The Morgan fingerprint density at radius 1 is 1.36 bits per heavy atom. The first kappa shape index (κ1) is 17.2. The number of aromatic amines is 1. The van der Waals surface area contributed by atoms with Crippen LogP contribution in [0.1, 0.15) is 0 Å². The van der Waals surface area contributed by atoms with E-state index in [1.54, 1.807) is 0 Å². The number of hydrogen-bond acceptors (Lipinski definition) is 7. The van der Waals surface area contributed by atoms with Crippen LogP contribution in [0.4, 0.5) is 10.1 Å². The summed E-state index contributed by atoms with van der Waals surface area (Å²) in [5.74, 6) is -2.40. The minimum absolute atomic E-state index is 0.00497. The predicted molar refractivity (Wildman–Crippen MR) is 85.4 cm³/mol. The minimum atomic E-state index is -0.846. The second kappa shape index (κ2) is 6.69.